The molecule has 1 aromatic heterocycles. The van der Waals surface area contributed by atoms with E-state index in [1.54, 1.807) is 0 Å². The molecule has 0 bridgehead atoms. The van der Waals surface area contributed by atoms with Crippen molar-refractivity contribution in [2.45, 2.75) is 23.7 Å². The minimum Gasteiger partial charge on any atom is -0.479 e. The molecule has 2 N–H and O–H groups in total. The lowest BCUT2D eigenvalue weighted by atomic mass is 10.3. The first-order valence-corrected chi connectivity index (χ1v) is 8.82. The lowest BCUT2D eigenvalue weighted by Crippen LogP contribution is -2.14. The monoisotopic (exact) mass is 367 g/mol. The van der Waals surface area contributed by atoms with Gasteiger partial charge in [-0.2, -0.15) is 0 Å². The van der Waals surface area contributed by atoms with Gasteiger partial charge in [-0.25, -0.2) is 27.6 Å². The molecule has 25 heavy (non-hydrogen) atoms. The molecule has 8 nitrogen and oxygen atoms in total. The predicted molar refractivity (Wildman–Crippen MR) is 84.3 cm³/mol. The van der Waals surface area contributed by atoms with E-state index in [0.29, 0.717) is 11.7 Å². The second-order valence-corrected chi connectivity index (χ2v) is 7.17. The fourth-order valence-electron chi connectivity index (χ4n) is 2.06. The number of carboxylic acid groups (broad SMARTS) is 1. The number of aliphatic carboxylic acids is 1. The number of benzene rings is 1. The van der Waals surface area contributed by atoms with Crippen LogP contribution in [0.25, 0.3) is 0 Å². The number of halogens is 1. The van der Waals surface area contributed by atoms with Crippen LogP contribution in [0.3, 0.4) is 0 Å². The normalized spacial score (nSPS) is 14.1. The van der Waals surface area contributed by atoms with E-state index in [9.17, 15) is 17.6 Å². The largest absolute Gasteiger partial charge is 0.479 e. The maximum absolute atomic E-state index is 13.9. The summed E-state index contributed by atoms with van der Waals surface area (Å²) in [5.41, 5.74) is 0.163. The van der Waals surface area contributed by atoms with E-state index < -0.39 is 28.4 Å². The van der Waals surface area contributed by atoms with Gasteiger partial charge in [0, 0.05) is 5.92 Å². The fraction of sp³-hybridized carbons (Fsp3) is 0.267. The van der Waals surface area contributed by atoms with Gasteiger partial charge in [0.2, 0.25) is 0 Å². The van der Waals surface area contributed by atoms with Gasteiger partial charge in [-0.3, -0.25) is 4.72 Å². The Balaban J connectivity index is 1.74. The van der Waals surface area contributed by atoms with Crippen LogP contribution in [0.1, 0.15) is 24.6 Å². The third-order valence-corrected chi connectivity index (χ3v) is 4.81. The number of rotatable bonds is 7. The van der Waals surface area contributed by atoms with Crippen molar-refractivity contribution in [1.29, 1.82) is 0 Å². The minimum atomic E-state index is -4.04. The Hall–Kier alpha value is -2.75. The molecule has 1 aromatic carbocycles. The van der Waals surface area contributed by atoms with Crippen LogP contribution in [0, 0.1) is 5.82 Å². The van der Waals surface area contributed by atoms with Crippen LogP contribution in [0.2, 0.25) is 0 Å². The first-order chi connectivity index (χ1) is 11.8. The number of hydrogen-bond donors (Lipinski definition) is 2. The molecule has 0 unspecified atom stereocenters. The standard InChI is InChI=1S/C15H14FN3O5S/c16-12-5-11(3-4-13(12)24-8-14(20)21)25(22,23)19-10-6-17-15(18-7-10)9-1-2-9/h3-7,9,19H,1-2,8H2,(H,20,21). The number of ether oxygens (including phenoxy) is 1. The van der Waals surface area contributed by atoms with E-state index in [0.717, 1.165) is 31.0 Å². The first kappa shape index (κ1) is 17.1. The van der Waals surface area contributed by atoms with E-state index in [-0.39, 0.29) is 16.3 Å². The molecule has 132 valence electrons. The molecule has 1 heterocycles. The number of carboxylic acids is 1. The highest BCUT2D eigenvalue weighted by molar-refractivity contribution is 7.92. The summed E-state index contributed by atoms with van der Waals surface area (Å²) in [4.78, 5) is 18.3. The molecule has 0 amide bonds. The van der Waals surface area contributed by atoms with Gasteiger partial charge in [-0.15, -0.1) is 0 Å². The maximum atomic E-state index is 13.9. The lowest BCUT2D eigenvalue weighted by molar-refractivity contribution is -0.139. The number of nitrogens with zero attached hydrogens (tertiary/aromatic N) is 2. The molecule has 0 atom stereocenters. The zero-order valence-electron chi connectivity index (χ0n) is 12.8. The summed E-state index contributed by atoms with van der Waals surface area (Å²) in [6.07, 6.45) is 4.78. The van der Waals surface area contributed by atoms with Gasteiger partial charge >= 0.3 is 5.97 Å². The van der Waals surface area contributed by atoms with Crippen molar-refractivity contribution < 1.29 is 27.4 Å². The van der Waals surface area contributed by atoms with Crippen LogP contribution in [0.15, 0.2) is 35.5 Å². The fourth-order valence-corrected chi connectivity index (χ4v) is 3.10. The van der Waals surface area contributed by atoms with Gasteiger partial charge in [-0.05, 0) is 31.0 Å². The second kappa shape index (κ2) is 6.63. The number of anilines is 1. The average molecular weight is 367 g/mol. The summed E-state index contributed by atoms with van der Waals surface area (Å²) in [5.74, 6) is -1.58. The van der Waals surface area contributed by atoms with Gasteiger partial charge in [0.25, 0.3) is 10.0 Å². The SMILES string of the molecule is O=C(O)COc1ccc(S(=O)(=O)Nc2cnc(C3CC3)nc2)cc1F. The summed E-state index contributed by atoms with van der Waals surface area (Å²) in [7, 11) is -4.04. The molecular weight excluding hydrogens is 353 g/mol. The molecule has 3 rings (SSSR count). The minimum absolute atomic E-state index is 0.163. The van der Waals surface area contributed by atoms with E-state index in [1.807, 2.05) is 0 Å². The molecule has 1 aliphatic rings. The molecule has 0 saturated heterocycles. The number of sulfonamides is 1. The van der Waals surface area contributed by atoms with Crippen LogP contribution in [-0.4, -0.2) is 36.1 Å². The summed E-state index contributed by atoms with van der Waals surface area (Å²) in [6, 6.07) is 2.92. The third-order valence-electron chi connectivity index (χ3n) is 3.43. The van der Waals surface area contributed by atoms with E-state index in [1.165, 1.54) is 12.4 Å². The molecule has 0 radical (unpaired) electrons. The van der Waals surface area contributed by atoms with E-state index >= 15 is 0 Å². The summed E-state index contributed by atoms with van der Waals surface area (Å²) in [6.45, 7) is -0.730. The Kier molecular flexibility index (Phi) is 4.53. The van der Waals surface area contributed by atoms with E-state index in [4.69, 9.17) is 9.84 Å². The molecule has 1 aliphatic carbocycles. The van der Waals surface area contributed by atoms with Crippen molar-refractivity contribution in [2.75, 3.05) is 11.3 Å². The topological polar surface area (TPSA) is 118 Å². The Morgan fingerprint density at radius 1 is 1.32 bits per heavy atom. The lowest BCUT2D eigenvalue weighted by Gasteiger charge is -2.10. The van der Waals surface area contributed by atoms with Crippen LogP contribution < -0.4 is 9.46 Å². The molecule has 10 heteroatoms. The molecule has 2 aromatic rings. The van der Waals surface area contributed by atoms with Gasteiger partial charge < -0.3 is 9.84 Å². The second-order valence-electron chi connectivity index (χ2n) is 5.48. The first-order valence-electron chi connectivity index (χ1n) is 7.34. The van der Waals surface area contributed by atoms with Crippen LogP contribution in [0.4, 0.5) is 10.1 Å². The molecule has 1 fully saturated rings. The Morgan fingerprint density at radius 2 is 2.00 bits per heavy atom. The average Bonchev–Trinajstić information content (AvgIpc) is 3.39. The van der Waals surface area contributed by atoms with E-state index in [2.05, 4.69) is 14.7 Å². The zero-order valence-corrected chi connectivity index (χ0v) is 13.7. The molecule has 0 aliphatic heterocycles. The van der Waals surface area contributed by atoms with Crippen molar-refractivity contribution in [2.24, 2.45) is 0 Å². The molecule has 0 spiro atoms. The molecule has 1 saturated carbocycles. The highest BCUT2D eigenvalue weighted by Crippen LogP contribution is 2.37. The highest BCUT2D eigenvalue weighted by Gasteiger charge is 2.26. The van der Waals surface area contributed by atoms with Crippen LogP contribution in [-0.2, 0) is 14.8 Å². The van der Waals surface area contributed by atoms with Crippen molar-refractivity contribution in [3.05, 3.63) is 42.2 Å². The van der Waals surface area contributed by atoms with Gasteiger partial charge in [0.05, 0.1) is 23.0 Å². The Bertz CT molecular complexity index is 898. The summed E-state index contributed by atoms with van der Waals surface area (Å²) >= 11 is 0. The number of aromatic nitrogens is 2. The van der Waals surface area contributed by atoms with Gasteiger partial charge in [-0.1, -0.05) is 0 Å². The van der Waals surface area contributed by atoms with Crippen LogP contribution in [0.5, 0.6) is 5.75 Å². The zero-order chi connectivity index (χ0) is 18.0. The van der Waals surface area contributed by atoms with Crippen molar-refractivity contribution in [3.8, 4) is 5.75 Å². The quantitative estimate of drug-likeness (QED) is 0.765. The van der Waals surface area contributed by atoms with Crippen LogP contribution >= 0.6 is 0 Å². The Morgan fingerprint density at radius 3 is 2.56 bits per heavy atom. The predicted octanol–water partition coefficient (Wildman–Crippen LogP) is 1.76. The maximum Gasteiger partial charge on any atom is 0.341 e. The summed E-state index contributed by atoms with van der Waals surface area (Å²) in [5, 5.41) is 8.51. The van der Waals surface area contributed by atoms with Gasteiger partial charge in [0.1, 0.15) is 5.82 Å². The smallest absolute Gasteiger partial charge is 0.341 e. The van der Waals surface area contributed by atoms with Crippen molar-refractivity contribution >= 4 is 21.7 Å². The molecular formula is C15H14FN3O5S. The number of hydrogen-bond acceptors (Lipinski definition) is 6. The third kappa shape index (κ3) is 4.21. The highest BCUT2D eigenvalue weighted by atomic mass is 32.2. The summed E-state index contributed by atoms with van der Waals surface area (Å²) < 4.78 is 45.5. The van der Waals surface area contributed by atoms with Gasteiger partial charge in [0.15, 0.2) is 18.2 Å². The number of carbonyl (C=O) groups is 1. The van der Waals surface area contributed by atoms with Crippen molar-refractivity contribution in [3.63, 3.8) is 0 Å². The van der Waals surface area contributed by atoms with Crippen molar-refractivity contribution in [1.82, 2.24) is 9.97 Å². The Labute approximate surface area is 142 Å². The number of nitrogens with one attached hydrogen (secondary N) is 1.